The monoisotopic (exact) mass is 280 g/mol. The van der Waals surface area contributed by atoms with Gasteiger partial charge in [-0.1, -0.05) is 20.8 Å². The molecule has 112 valence electrons. The molecule has 20 heavy (non-hydrogen) atoms. The lowest BCUT2D eigenvalue weighted by Crippen LogP contribution is -2.40. The van der Waals surface area contributed by atoms with Crippen molar-refractivity contribution in [2.75, 3.05) is 6.61 Å². The number of carbonyl (C=O) groups is 2. The van der Waals surface area contributed by atoms with Crippen LogP contribution in [0.2, 0.25) is 0 Å². The molecule has 0 aromatic carbocycles. The molecule has 0 aliphatic carbocycles. The maximum absolute atomic E-state index is 12.2. The van der Waals surface area contributed by atoms with Gasteiger partial charge in [0.05, 0.1) is 12.6 Å². The van der Waals surface area contributed by atoms with Crippen molar-refractivity contribution in [3.05, 3.63) is 23.5 Å². The number of rotatable bonds is 5. The van der Waals surface area contributed by atoms with Crippen molar-refractivity contribution in [1.82, 2.24) is 9.88 Å². The zero-order valence-corrected chi connectivity index (χ0v) is 12.9. The van der Waals surface area contributed by atoms with Crippen LogP contribution in [-0.2, 0) is 7.05 Å². The first-order valence-corrected chi connectivity index (χ1v) is 6.73. The number of amides is 1. The van der Waals surface area contributed by atoms with Gasteiger partial charge in [-0.2, -0.15) is 0 Å². The van der Waals surface area contributed by atoms with Crippen molar-refractivity contribution in [3.8, 4) is 0 Å². The van der Waals surface area contributed by atoms with Crippen LogP contribution in [0, 0.1) is 5.41 Å². The van der Waals surface area contributed by atoms with Crippen molar-refractivity contribution < 1.29 is 14.7 Å². The Labute approximate surface area is 120 Å². The molecule has 1 rings (SSSR count). The summed E-state index contributed by atoms with van der Waals surface area (Å²) in [4.78, 5) is 23.5. The van der Waals surface area contributed by atoms with E-state index < -0.39 is 0 Å². The predicted octanol–water partition coefficient (Wildman–Crippen LogP) is 1.75. The van der Waals surface area contributed by atoms with Gasteiger partial charge in [-0.05, 0) is 24.8 Å². The summed E-state index contributed by atoms with van der Waals surface area (Å²) in [6.45, 7) is 7.52. The van der Waals surface area contributed by atoms with E-state index in [4.69, 9.17) is 0 Å². The third kappa shape index (κ3) is 4.49. The Hall–Kier alpha value is -1.62. The molecule has 5 nitrogen and oxygen atoms in total. The van der Waals surface area contributed by atoms with E-state index in [0.717, 1.165) is 0 Å². The molecule has 1 unspecified atom stereocenters. The lowest BCUT2D eigenvalue weighted by atomic mass is 9.88. The Morgan fingerprint density at radius 3 is 2.40 bits per heavy atom. The summed E-state index contributed by atoms with van der Waals surface area (Å²) < 4.78 is 1.62. The molecule has 0 saturated heterocycles. The second-order valence-electron chi connectivity index (χ2n) is 6.40. The average Bonchev–Trinajstić information content (AvgIpc) is 2.68. The molecule has 0 bridgehead atoms. The van der Waals surface area contributed by atoms with Gasteiger partial charge in [-0.3, -0.25) is 9.59 Å². The number of hydrogen-bond acceptors (Lipinski definition) is 3. The summed E-state index contributed by atoms with van der Waals surface area (Å²) in [5.74, 6) is -0.351. The van der Waals surface area contributed by atoms with E-state index in [1.807, 2.05) is 0 Å². The number of aliphatic hydroxyl groups excluding tert-OH is 1. The maximum Gasteiger partial charge on any atom is 0.268 e. The number of aliphatic hydroxyl groups is 1. The van der Waals surface area contributed by atoms with Gasteiger partial charge in [-0.25, -0.2) is 0 Å². The third-order valence-corrected chi connectivity index (χ3v) is 3.06. The molecule has 1 amide bonds. The third-order valence-electron chi connectivity index (χ3n) is 3.06. The zero-order valence-electron chi connectivity index (χ0n) is 12.9. The first kappa shape index (κ1) is 16.4. The molecule has 0 radical (unpaired) electrons. The minimum Gasteiger partial charge on any atom is -0.394 e. The normalized spacial score (nSPS) is 13.1. The summed E-state index contributed by atoms with van der Waals surface area (Å²) in [6, 6.07) is 1.28. The Balaban J connectivity index is 2.82. The Morgan fingerprint density at radius 2 is 2.00 bits per heavy atom. The number of nitrogens with zero attached hydrogens (tertiary/aromatic N) is 1. The van der Waals surface area contributed by atoms with E-state index in [2.05, 4.69) is 26.1 Å². The summed E-state index contributed by atoms with van der Waals surface area (Å²) in [7, 11) is 1.72. The minimum absolute atomic E-state index is 0.0133. The fraction of sp³-hybridized carbons (Fsp3) is 0.600. The molecule has 1 atom stereocenters. The second-order valence-corrected chi connectivity index (χ2v) is 6.40. The van der Waals surface area contributed by atoms with Crippen LogP contribution >= 0.6 is 0 Å². The number of ketones is 1. The lowest BCUT2D eigenvalue weighted by Gasteiger charge is -2.25. The van der Waals surface area contributed by atoms with E-state index in [0.29, 0.717) is 17.7 Å². The van der Waals surface area contributed by atoms with Crippen LogP contribution < -0.4 is 5.32 Å². The number of hydrogen-bond donors (Lipinski definition) is 2. The molecule has 1 heterocycles. The van der Waals surface area contributed by atoms with Crippen LogP contribution in [0.4, 0.5) is 0 Å². The van der Waals surface area contributed by atoms with Gasteiger partial charge in [0.2, 0.25) is 0 Å². The number of aromatic nitrogens is 1. The predicted molar refractivity (Wildman–Crippen MR) is 77.8 cm³/mol. The number of aryl methyl sites for hydroxylation is 1. The fourth-order valence-corrected chi connectivity index (χ4v) is 2.14. The van der Waals surface area contributed by atoms with Gasteiger partial charge < -0.3 is 15.0 Å². The first-order chi connectivity index (χ1) is 9.14. The van der Waals surface area contributed by atoms with E-state index in [-0.39, 0.29) is 29.8 Å². The molecule has 2 N–H and O–H groups in total. The van der Waals surface area contributed by atoms with Crippen molar-refractivity contribution in [2.24, 2.45) is 12.5 Å². The fourth-order valence-electron chi connectivity index (χ4n) is 2.14. The Bertz CT molecular complexity index is 498. The van der Waals surface area contributed by atoms with Crippen LogP contribution in [0.3, 0.4) is 0 Å². The van der Waals surface area contributed by atoms with Crippen molar-refractivity contribution >= 4 is 11.7 Å². The highest BCUT2D eigenvalue weighted by atomic mass is 16.3. The molecule has 0 fully saturated rings. The summed E-state index contributed by atoms with van der Waals surface area (Å²) in [6.07, 6.45) is 2.31. The van der Waals surface area contributed by atoms with E-state index in [9.17, 15) is 14.7 Å². The van der Waals surface area contributed by atoms with E-state index in [1.54, 1.807) is 23.9 Å². The molecule has 0 aliphatic rings. The second kappa shape index (κ2) is 6.22. The molecule has 0 aliphatic heterocycles. The number of nitrogens with one attached hydrogen (secondary N) is 1. The molecule has 0 spiro atoms. The molecule has 1 aromatic heterocycles. The smallest absolute Gasteiger partial charge is 0.268 e. The lowest BCUT2D eigenvalue weighted by molar-refractivity contribution is 0.0889. The topological polar surface area (TPSA) is 71.3 Å². The van der Waals surface area contributed by atoms with Crippen LogP contribution in [0.15, 0.2) is 12.3 Å². The van der Waals surface area contributed by atoms with Gasteiger partial charge in [0, 0.05) is 18.8 Å². The average molecular weight is 280 g/mol. The van der Waals surface area contributed by atoms with E-state index >= 15 is 0 Å². The van der Waals surface area contributed by atoms with Gasteiger partial charge in [0.1, 0.15) is 5.69 Å². The van der Waals surface area contributed by atoms with Gasteiger partial charge >= 0.3 is 0 Å². The van der Waals surface area contributed by atoms with Crippen molar-refractivity contribution in [3.63, 3.8) is 0 Å². The highest BCUT2D eigenvalue weighted by molar-refractivity contribution is 5.99. The number of Topliss-reactive ketones (excluding diaryl/α,β-unsaturated/α-hetero) is 1. The van der Waals surface area contributed by atoms with Crippen LogP contribution in [0.5, 0.6) is 0 Å². The highest BCUT2D eigenvalue weighted by Gasteiger charge is 2.22. The Morgan fingerprint density at radius 1 is 1.40 bits per heavy atom. The van der Waals surface area contributed by atoms with Gasteiger partial charge in [-0.15, -0.1) is 0 Å². The molecular weight excluding hydrogens is 256 g/mol. The zero-order chi connectivity index (χ0) is 15.5. The Kier molecular flexibility index (Phi) is 5.11. The SMILES string of the molecule is CC(=O)c1cc(C(=O)NC(CO)CC(C)(C)C)n(C)c1. The summed E-state index contributed by atoms with van der Waals surface area (Å²) in [5, 5.41) is 12.2. The maximum atomic E-state index is 12.2. The van der Waals surface area contributed by atoms with Gasteiger partial charge in [0.25, 0.3) is 5.91 Å². The number of carbonyl (C=O) groups excluding carboxylic acids is 2. The first-order valence-electron chi connectivity index (χ1n) is 6.73. The van der Waals surface area contributed by atoms with Crippen molar-refractivity contribution in [1.29, 1.82) is 0 Å². The standard InChI is InChI=1S/C15H24N2O3/c1-10(19)11-6-13(17(5)8-11)14(20)16-12(9-18)7-15(2,3)4/h6,8,12,18H,7,9H2,1-5H3,(H,16,20). The molecule has 1 aromatic rings. The largest absolute Gasteiger partial charge is 0.394 e. The van der Waals surface area contributed by atoms with Crippen LogP contribution in [0.25, 0.3) is 0 Å². The van der Waals surface area contributed by atoms with Crippen LogP contribution in [-0.4, -0.2) is 34.0 Å². The van der Waals surface area contributed by atoms with Gasteiger partial charge in [0.15, 0.2) is 5.78 Å². The molecule has 0 saturated carbocycles. The minimum atomic E-state index is -0.293. The van der Waals surface area contributed by atoms with Crippen molar-refractivity contribution in [2.45, 2.75) is 40.2 Å². The summed E-state index contributed by atoms with van der Waals surface area (Å²) >= 11 is 0. The van der Waals surface area contributed by atoms with Crippen LogP contribution in [0.1, 0.15) is 55.0 Å². The molecule has 5 heteroatoms. The molecular formula is C15H24N2O3. The highest BCUT2D eigenvalue weighted by Crippen LogP contribution is 2.21. The van der Waals surface area contributed by atoms with E-state index in [1.165, 1.54) is 6.92 Å². The summed E-state index contributed by atoms with van der Waals surface area (Å²) in [5.41, 5.74) is 0.941. The quantitative estimate of drug-likeness (QED) is 0.807.